The summed E-state index contributed by atoms with van der Waals surface area (Å²) >= 11 is 10.2. The van der Waals surface area contributed by atoms with Crippen LogP contribution in [0.3, 0.4) is 0 Å². The van der Waals surface area contributed by atoms with Crippen molar-refractivity contribution in [3.05, 3.63) is 14.9 Å². The molecule has 2 rings (SSSR count). The van der Waals surface area contributed by atoms with E-state index in [4.69, 9.17) is 22.5 Å². The lowest BCUT2D eigenvalue weighted by molar-refractivity contribution is 0.308. The maximum Gasteiger partial charge on any atom is 0.253 e. The molecule has 0 spiro atoms. The summed E-state index contributed by atoms with van der Waals surface area (Å²) in [6.45, 7) is -0.128. The first kappa shape index (κ1) is 17.0. The van der Waals surface area contributed by atoms with Gasteiger partial charge in [-0.15, -0.1) is 11.3 Å². The quantitative estimate of drug-likeness (QED) is 0.334. The maximum atomic E-state index is 12.8. The summed E-state index contributed by atoms with van der Waals surface area (Å²) in [7, 11) is -3.73. The molecule has 0 unspecified atom stereocenters. The molecule has 0 amide bonds. The number of sulfonamides is 1. The smallest absolute Gasteiger partial charge is 0.253 e. The molecule has 10 heteroatoms. The Bertz CT molecular complexity index is 622. The molecule has 6 nitrogen and oxygen atoms in total. The molecule has 21 heavy (non-hydrogen) atoms. The van der Waals surface area contributed by atoms with E-state index in [0.717, 1.165) is 37.0 Å². The zero-order chi connectivity index (χ0) is 15.6. The van der Waals surface area contributed by atoms with Crippen LogP contribution < -0.4 is 5.73 Å². The Balaban J connectivity index is 2.38. The summed E-state index contributed by atoms with van der Waals surface area (Å²) in [6.07, 6.45) is 3.50. The zero-order valence-electron chi connectivity index (χ0n) is 11.0. The molecular formula is C11H15BrClN3O3S2. The largest absolute Gasteiger partial charge is 0.409 e. The average molecular weight is 417 g/mol. The van der Waals surface area contributed by atoms with Gasteiger partial charge >= 0.3 is 0 Å². The van der Waals surface area contributed by atoms with E-state index in [1.54, 1.807) is 0 Å². The van der Waals surface area contributed by atoms with Crippen molar-refractivity contribution in [2.45, 2.75) is 35.9 Å². The third-order valence-electron chi connectivity index (χ3n) is 3.36. The van der Waals surface area contributed by atoms with Crippen molar-refractivity contribution in [3.63, 3.8) is 0 Å². The standard InChI is InChI=1S/C11H15BrClN3O3S2/c12-11-8(13)5-10(20-11)21(18,19)16(6-9(14)15-17)7-3-1-2-4-7/h5,7,17H,1-4,6H2,(H2,14,15). The first-order valence-corrected chi connectivity index (χ1v) is 9.72. The minimum Gasteiger partial charge on any atom is -0.409 e. The van der Waals surface area contributed by atoms with Crippen LogP contribution in [0, 0.1) is 0 Å². The Labute approximate surface area is 140 Å². The van der Waals surface area contributed by atoms with Crippen LogP contribution in [0.1, 0.15) is 25.7 Å². The van der Waals surface area contributed by atoms with Crippen molar-refractivity contribution >= 4 is 54.7 Å². The van der Waals surface area contributed by atoms with Crippen LogP contribution in [0.15, 0.2) is 19.2 Å². The molecule has 1 aliphatic rings. The molecule has 1 saturated carbocycles. The fourth-order valence-corrected chi connectivity index (χ4v) is 6.55. The summed E-state index contributed by atoms with van der Waals surface area (Å²) in [5, 5.41) is 12.0. The van der Waals surface area contributed by atoms with E-state index < -0.39 is 10.0 Å². The topological polar surface area (TPSA) is 96.0 Å². The minimum atomic E-state index is -3.73. The molecule has 1 heterocycles. The number of hydrogen-bond acceptors (Lipinski definition) is 5. The fourth-order valence-electron chi connectivity index (χ4n) is 2.36. The van der Waals surface area contributed by atoms with Crippen molar-refractivity contribution in [2.75, 3.05) is 6.54 Å². The lowest BCUT2D eigenvalue weighted by atomic mass is 10.2. The van der Waals surface area contributed by atoms with E-state index in [2.05, 4.69) is 21.1 Å². The first-order valence-electron chi connectivity index (χ1n) is 6.29. The molecule has 1 fully saturated rings. The van der Waals surface area contributed by atoms with E-state index in [0.29, 0.717) is 8.81 Å². The van der Waals surface area contributed by atoms with Gasteiger partial charge in [-0.1, -0.05) is 29.6 Å². The van der Waals surface area contributed by atoms with Crippen molar-refractivity contribution < 1.29 is 13.6 Å². The van der Waals surface area contributed by atoms with E-state index in [9.17, 15) is 8.42 Å². The van der Waals surface area contributed by atoms with Gasteiger partial charge in [0.15, 0.2) is 5.84 Å². The molecule has 3 N–H and O–H groups in total. The summed E-state index contributed by atoms with van der Waals surface area (Å²) in [5.41, 5.74) is 5.51. The second kappa shape index (κ2) is 6.82. The lowest BCUT2D eigenvalue weighted by Gasteiger charge is -2.26. The molecule has 0 aliphatic heterocycles. The number of rotatable bonds is 5. The SMILES string of the molecule is NC(CN(C1CCCC1)S(=O)(=O)c1cc(Cl)c(Br)s1)=NO. The van der Waals surface area contributed by atoms with Gasteiger partial charge in [0.1, 0.15) is 4.21 Å². The highest BCUT2D eigenvalue weighted by atomic mass is 79.9. The number of oxime groups is 1. The van der Waals surface area contributed by atoms with Gasteiger partial charge in [0.05, 0.1) is 15.4 Å². The first-order chi connectivity index (χ1) is 9.86. The Morgan fingerprint density at radius 1 is 1.57 bits per heavy atom. The highest BCUT2D eigenvalue weighted by Gasteiger charge is 2.35. The number of halogens is 2. The fraction of sp³-hybridized carbons (Fsp3) is 0.545. The Kier molecular flexibility index (Phi) is 5.53. The molecule has 0 bridgehead atoms. The van der Waals surface area contributed by atoms with Gasteiger partial charge in [0.2, 0.25) is 0 Å². The lowest BCUT2D eigenvalue weighted by Crippen LogP contribution is -2.43. The second-order valence-electron chi connectivity index (χ2n) is 4.77. The molecule has 0 aromatic carbocycles. The number of hydrogen-bond donors (Lipinski definition) is 2. The number of nitrogens with two attached hydrogens (primary N) is 1. The van der Waals surface area contributed by atoms with Crippen LogP contribution in [0.5, 0.6) is 0 Å². The van der Waals surface area contributed by atoms with E-state index in [-0.39, 0.29) is 22.6 Å². The highest BCUT2D eigenvalue weighted by molar-refractivity contribution is 9.11. The molecule has 118 valence electrons. The van der Waals surface area contributed by atoms with Crippen LogP contribution in [0.2, 0.25) is 5.02 Å². The molecule has 0 atom stereocenters. The van der Waals surface area contributed by atoms with Crippen LogP contribution in [-0.4, -0.2) is 36.4 Å². The van der Waals surface area contributed by atoms with Crippen molar-refractivity contribution in [2.24, 2.45) is 10.9 Å². The average Bonchev–Trinajstić information content (AvgIpc) is 3.06. The van der Waals surface area contributed by atoms with E-state index >= 15 is 0 Å². The van der Waals surface area contributed by atoms with Crippen molar-refractivity contribution in [1.82, 2.24) is 4.31 Å². The summed E-state index contributed by atoms with van der Waals surface area (Å²) < 4.78 is 27.6. The minimum absolute atomic E-state index is 0.128. The predicted molar refractivity (Wildman–Crippen MR) is 86.6 cm³/mol. The van der Waals surface area contributed by atoms with Gasteiger partial charge in [-0.2, -0.15) is 4.31 Å². The number of nitrogens with zero attached hydrogens (tertiary/aromatic N) is 2. The molecule has 1 aromatic heterocycles. The number of thiophene rings is 1. The predicted octanol–water partition coefficient (Wildman–Crippen LogP) is 2.84. The molecular weight excluding hydrogens is 402 g/mol. The van der Waals surface area contributed by atoms with Gasteiger partial charge in [-0.3, -0.25) is 0 Å². The third-order valence-corrected chi connectivity index (χ3v) is 8.19. The third kappa shape index (κ3) is 3.70. The summed E-state index contributed by atoms with van der Waals surface area (Å²) in [4.78, 5) is 0. The normalized spacial score (nSPS) is 17.8. The molecule has 1 aromatic rings. The van der Waals surface area contributed by atoms with Crippen LogP contribution in [0.4, 0.5) is 0 Å². The zero-order valence-corrected chi connectivity index (χ0v) is 15.0. The van der Waals surface area contributed by atoms with Gasteiger partial charge in [-0.05, 0) is 34.8 Å². The van der Waals surface area contributed by atoms with Crippen molar-refractivity contribution in [1.29, 1.82) is 0 Å². The van der Waals surface area contributed by atoms with E-state index in [1.807, 2.05) is 0 Å². The summed E-state index contributed by atoms with van der Waals surface area (Å²) in [5.74, 6) is -0.132. The Hall–Kier alpha value is -0.350. The van der Waals surface area contributed by atoms with Gasteiger partial charge in [0, 0.05) is 6.04 Å². The van der Waals surface area contributed by atoms with Crippen LogP contribution in [0.25, 0.3) is 0 Å². The van der Waals surface area contributed by atoms with Crippen molar-refractivity contribution in [3.8, 4) is 0 Å². The second-order valence-corrected chi connectivity index (χ2v) is 9.66. The number of amidine groups is 1. The van der Waals surface area contributed by atoms with Gasteiger partial charge < -0.3 is 10.9 Å². The highest BCUT2D eigenvalue weighted by Crippen LogP contribution is 2.37. The Morgan fingerprint density at radius 2 is 2.19 bits per heavy atom. The molecule has 0 saturated heterocycles. The molecule has 0 radical (unpaired) electrons. The van der Waals surface area contributed by atoms with Crippen LogP contribution in [-0.2, 0) is 10.0 Å². The van der Waals surface area contributed by atoms with Crippen LogP contribution >= 0.6 is 38.9 Å². The molecule has 1 aliphatic carbocycles. The monoisotopic (exact) mass is 415 g/mol. The summed E-state index contributed by atoms with van der Waals surface area (Å²) in [6, 6.07) is 1.29. The van der Waals surface area contributed by atoms with Gasteiger partial charge in [-0.25, -0.2) is 8.42 Å². The van der Waals surface area contributed by atoms with Gasteiger partial charge in [0.25, 0.3) is 10.0 Å². The Morgan fingerprint density at radius 3 is 2.67 bits per heavy atom. The van der Waals surface area contributed by atoms with E-state index in [1.165, 1.54) is 10.4 Å². The maximum absolute atomic E-state index is 12.8.